The second-order valence-electron chi connectivity index (χ2n) is 4.99. The molecular weight excluding hydrogens is 200 g/mol. The van der Waals surface area contributed by atoms with Gasteiger partial charge in [0.05, 0.1) is 6.04 Å². The molecule has 0 radical (unpaired) electrons. The summed E-state index contributed by atoms with van der Waals surface area (Å²) in [6.45, 7) is 2.07. The van der Waals surface area contributed by atoms with Gasteiger partial charge in [0, 0.05) is 13.1 Å². The molecule has 1 saturated carbocycles. The molecule has 3 nitrogen and oxygen atoms in total. The van der Waals surface area contributed by atoms with Crippen LogP contribution < -0.4 is 5.73 Å². The van der Waals surface area contributed by atoms with E-state index >= 15 is 0 Å². The second-order valence-corrected chi connectivity index (χ2v) is 4.99. The fraction of sp³-hybridized carbons (Fsp3) is 0.923. The molecule has 0 unspecified atom stereocenters. The van der Waals surface area contributed by atoms with Crippen LogP contribution in [0.4, 0.5) is 0 Å². The average molecular weight is 226 g/mol. The predicted molar refractivity (Wildman–Crippen MR) is 67.1 cm³/mol. The molecule has 0 spiro atoms. The smallest absolute Gasteiger partial charge is 0.239 e. The third kappa shape index (κ3) is 3.78. The van der Waals surface area contributed by atoms with Crippen molar-refractivity contribution in [2.24, 2.45) is 5.73 Å². The van der Waals surface area contributed by atoms with Crippen molar-refractivity contribution in [1.29, 1.82) is 0 Å². The standard InChI is InChI=1S/C13H26N2O/c1-3-8-12(14)13(16)15(2)11-9-6-4-5-7-10-11/h11-12H,3-10,14H2,1-2H3/t12-/m1/s1. The van der Waals surface area contributed by atoms with Crippen LogP contribution in [0.15, 0.2) is 0 Å². The van der Waals surface area contributed by atoms with Gasteiger partial charge in [-0.25, -0.2) is 0 Å². The molecule has 0 heterocycles. The van der Waals surface area contributed by atoms with E-state index < -0.39 is 0 Å². The van der Waals surface area contributed by atoms with E-state index in [9.17, 15) is 4.79 Å². The lowest BCUT2D eigenvalue weighted by atomic mass is 10.1. The lowest BCUT2D eigenvalue weighted by Crippen LogP contribution is -2.46. The van der Waals surface area contributed by atoms with E-state index in [-0.39, 0.29) is 11.9 Å². The maximum Gasteiger partial charge on any atom is 0.239 e. The van der Waals surface area contributed by atoms with Gasteiger partial charge in [-0.2, -0.15) is 0 Å². The van der Waals surface area contributed by atoms with E-state index in [4.69, 9.17) is 5.73 Å². The maximum atomic E-state index is 12.0. The number of hydrogen-bond acceptors (Lipinski definition) is 2. The molecule has 94 valence electrons. The van der Waals surface area contributed by atoms with Gasteiger partial charge in [-0.05, 0) is 19.3 Å². The fourth-order valence-electron chi connectivity index (χ4n) is 2.52. The molecule has 1 fully saturated rings. The van der Waals surface area contributed by atoms with Gasteiger partial charge < -0.3 is 10.6 Å². The number of carbonyl (C=O) groups excluding carboxylic acids is 1. The van der Waals surface area contributed by atoms with Gasteiger partial charge in [-0.3, -0.25) is 4.79 Å². The van der Waals surface area contributed by atoms with Gasteiger partial charge in [0.25, 0.3) is 0 Å². The number of carbonyl (C=O) groups is 1. The summed E-state index contributed by atoms with van der Waals surface area (Å²) < 4.78 is 0. The minimum Gasteiger partial charge on any atom is -0.341 e. The lowest BCUT2D eigenvalue weighted by molar-refractivity contribution is -0.133. The molecule has 1 rings (SSSR count). The largest absolute Gasteiger partial charge is 0.341 e. The van der Waals surface area contributed by atoms with Crippen LogP contribution in [0.3, 0.4) is 0 Å². The molecule has 0 aromatic heterocycles. The Hall–Kier alpha value is -0.570. The highest BCUT2D eigenvalue weighted by molar-refractivity contribution is 5.81. The first-order valence-electron chi connectivity index (χ1n) is 6.69. The third-order valence-corrected chi connectivity index (χ3v) is 3.64. The lowest BCUT2D eigenvalue weighted by Gasteiger charge is -2.29. The van der Waals surface area contributed by atoms with Crippen molar-refractivity contribution in [3.63, 3.8) is 0 Å². The minimum absolute atomic E-state index is 0.133. The summed E-state index contributed by atoms with van der Waals surface area (Å²) >= 11 is 0. The van der Waals surface area contributed by atoms with Crippen molar-refractivity contribution < 1.29 is 4.79 Å². The molecule has 0 aromatic rings. The number of nitrogens with two attached hydrogens (primary N) is 1. The van der Waals surface area contributed by atoms with Gasteiger partial charge >= 0.3 is 0 Å². The predicted octanol–water partition coefficient (Wildman–Crippen LogP) is 2.29. The first kappa shape index (κ1) is 13.5. The number of likely N-dealkylation sites (N-methyl/N-ethyl adjacent to an activating group) is 1. The molecule has 2 N–H and O–H groups in total. The van der Waals surface area contributed by atoms with Crippen molar-refractivity contribution in [3.05, 3.63) is 0 Å². The molecule has 16 heavy (non-hydrogen) atoms. The Morgan fingerprint density at radius 1 is 1.31 bits per heavy atom. The Morgan fingerprint density at radius 2 is 1.88 bits per heavy atom. The van der Waals surface area contributed by atoms with Crippen LogP contribution >= 0.6 is 0 Å². The average Bonchev–Trinajstić information content (AvgIpc) is 2.56. The van der Waals surface area contributed by atoms with E-state index in [0.717, 1.165) is 25.7 Å². The molecule has 1 aliphatic rings. The van der Waals surface area contributed by atoms with Gasteiger partial charge in [-0.15, -0.1) is 0 Å². The minimum atomic E-state index is -0.293. The zero-order chi connectivity index (χ0) is 12.0. The Balaban J connectivity index is 2.47. The van der Waals surface area contributed by atoms with Crippen molar-refractivity contribution >= 4 is 5.91 Å². The van der Waals surface area contributed by atoms with Crippen LogP contribution in [0.5, 0.6) is 0 Å². The summed E-state index contributed by atoms with van der Waals surface area (Å²) in [5.74, 6) is 0.133. The Bertz CT molecular complexity index is 210. The van der Waals surface area contributed by atoms with Crippen molar-refractivity contribution in [3.8, 4) is 0 Å². The summed E-state index contributed by atoms with van der Waals surface area (Å²) in [7, 11) is 1.92. The first-order valence-corrected chi connectivity index (χ1v) is 6.69. The van der Waals surface area contributed by atoms with Gasteiger partial charge in [-0.1, -0.05) is 39.0 Å². The SMILES string of the molecule is CCC[C@@H](N)C(=O)N(C)C1CCCCCC1. The van der Waals surface area contributed by atoms with Crippen LogP contribution in [-0.4, -0.2) is 29.9 Å². The van der Waals surface area contributed by atoms with E-state index in [1.54, 1.807) is 0 Å². The molecule has 1 aliphatic carbocycles. The topological polar surface area (TPSA) is 46.3 Å². The van der Waals surface area contributed by atoms with Crippen LogP contribution in [0.25, 0.3) is 0 Å². The van der Waals surface area contributed by atoms with E-state index in [0.29, 0.717) is 6.04 Å². The number of rotatable bonds is 4. The highest BCUT2D eigenvalue weighted by atomic mass is 16.2. The quantitative estimate of drug-likeness (QED) is 0.748. The molecule has 1 atom stereocenters. The monoisotopic (exact) mass is 226 g/mol. The second kappa shape index (κ2) is 6.89. The summed E-state index contributed by atoms with van der Waals surface area (Å²) in [5, 5.41) is 0. The van der Waals surface area contributed by atoms with Gasteiger partial charge in [0.2, 0.25) is 5.91 Å². The van der Waals surface area contributed by atoms with Crippen LogP contribution in [0.2, 0.25) is 0 Å². The molecule has 0 aromatic carbocycles. The van der Waals surface area contributed by atoms with Crippen molar-refractivity contribution in [2.75, 3.05) is 7.05 Å². The van der Waals surface area contributed by atoms with Crippen LogP contribution in [-0.2, 0) is 4.79 Å². The first-order chi connectivity index (χ1) is 7.66. The number of nitrogens with zero attached hydrogens (tertiary/aromatic N) is 1. The summed E-state index contributed by atoms with van der Waals surface area (Å²) in [6, 6.07) is 0.135. The Kier molecular flexibility index (Phi) is 5.81. The van der Waals surface area contributed by atoms with E-state index in [1.165, 1.54) is 25.7 Å². The molecule has 0 aliphatic heterocycles. The fourth-order valence-corrected chi connectivity index (χ4v) is 2.52. The van der Waals surface area contributed by atoms with Gasteiger partial charge in [0.1, 0.15) is 0 Å². The molecule has 0 bridgehead atoms. The zero-order valence-electron chi connectivity index (χ0n) is 10.7. The number of hydrogen-bond donors (Lipinski definition) is 1. The summed E-state index contributed by atoms with van der Waals surface area (Å²) in [6.07, 6.45) is 9.24. The maximum absolute atomic E-state index is 12.0. The van der Waals surface area contributed by atoms with Gasteiger partial charge in [0.15, 0.2) is 0 Å². The number of amides is 1. The van der Waals surface area contributed by atoms with Crippen molar-refractivity contribution in [2.45, 2.75) is 70.4 Å². The molecule has 3 heteroatoms. The Labute approximate surface area is 99.4 Å². The van der Waals surface area contributed by atoms with E-state index in [2.05, 4.69) is 6.92 Å². The highest BCUT2D eigenvalue weighted by Crippen LogP contribution is 2.21. The zero-order valence-corrected chi connectivity index (χ0v) is 10.7. The summed E-state index contributed by atoms with van der Waals surface area (Å²) in [4.78, 5) is 14.0. The molecule has 1 amide bonds. The Morgan fingerprint density at radius 3 is 2.38 bits per heavy atom. The summed E-state index contributed by atoms with van der Waals surface area (Å²) in [5.41, 5.74) is 5.88. The molecule has 0 saturated heterocycles. The van der Waals surface area contributed by atoms with Crippen LogP contribution in [0, 0.1) is 0 Å². The third-order valence-electron chi connectivity index (χ3n) is 3.64. The molecular formula is C13H26N2O. The normalized spacial score (nSPS) is 20.2. The van der Waals surface area contributed by atoms with Crippen molar-refractivity contribution in [1.82, 2.24) is 4.90 Å². The highest BCUT2D eigenvalue weighted by Gasteiger charge is 2.24. The van der Waals surface area contributed by atoms with E-state index in [1.807, 2.05) is 11.9 Å². The van der Waals surface area contributed by atoms with Crippen LogP contribution in [0.1, 0.15) is 58.3 Å².